The minimum Gasteiger partial charge on any atom is -0.371 e. The van der Waals surface area contributed by atoms with E-state index in [0.717, 1.165) is 57.8 Å². The zero-order valence-corrected chi connectivity index (χ0v) is 15.0. The molecule has 0 amide bonds. The topological polar surface area (TPSA) is 90.2 Å². The normalized spacial score (nSPS) is 46.5. The van der Waals surface area contributed by atoms with E-state index in [-0.39, 0.29) is 0 Å². The molecule has 5 atom stereocenters. The van der Waals surface area contributed by atoms with Gasteiger partial charge in [-0.1, -0.05) is 12.8 Å². The Morgan fingerprint density at radius 3 is 2.12 bits per heavy atom. The van der Waals surface area contributed by atoms with Gasteiger partial charge in [0.2, 0.25) is 5.60 Å². The van der Waals surface area contributed by atoms with Gasteiger partial charge >= 0.3 is 0 Å². The number of nitriles is 1. The summed E-state index contributed by atoms with van der Waals surface area (Å²) >= 11 is 0. The Bertz CT molecular complexity index is 593. The van der Waals surface area contributed by atoms with E-state index in [2.05, 4.69) is 0 Å². The van der Waals surface area contributed by atoms with Gasteiger partial charge in [-0.2, -0.15) is 5.26 Å². The number of rotatable bonds is 1. The molecule has 0 aromatic rings. The lowest BCUT2D eigenvalue weighted by Crippen LogP contribution is -2.53. The van der Waals surface area contributed by atoms with Crippen molar-refractivity contribution in [3.8, 4) is 6.07 Å². The maximum absolute atomic E-state index is 11.2. The molecule has 7 heteroatoms. The van der Waals surface area contributed by atoms with E-state index < -0.39 is 41.8 Å². The highest BCUT2D eigenvalue weighted by atomic mass is 16.8. The number of ether oxygens (including phenoxy) is 5. The van der Waals surface area contributed by atoms with Crippen molar-refractivity contribution >= 4 is 0 Å². The summed E-state index contributed by atoms with van der Waals surface area (Å²) in [5.74, 6) is -1.28. The molecular weight excluding hydrogens is 338 g/mol. The number of hydrogen-bond donors (Lipinski definition) is 1. The lowest BCUT2D eigenvalue weighted by atomic mass is 9.90. The Morgan fingerprint density at radius 1 is 0.808 bits per heavy atom. The van der Waals surface area contributed by atoms with Crippen LogP contribution in [-0.2, 0) is 23.7 Å². The van der Waals surface area contributed by atoms with Crippen molar-refractivity contribution in [2.45, 2.75) is 106 Å². The van der Waals surface area contributed by atoms with Crippen LogP contribution in [0.1, 0.15) is 64.2 Å². The smallest absolute Gasteiger partial charge is 0.211 e. The van der Waals surface area contributed by atoms with Gasteiger partial charge in [0.05, 0.1) is 6.61 Å². The van der Waals surface area contributed by atoms with Crippen LogP contribution in [0.2, 0.25) is 0 Å². The second-order valence-electron chi connectivity index (χ2n) is 8.43. The minimum absolute atomic E-state index is 0.319. The maximum Gasteiger partial charge on any atom is 0.211 e. The third-order valence-corrected chi connectivity index (χ3v) is 6.69. The maximum atomic E-state index is 11.2. The van der Waals surface area contributed by atoms with E-state index in [9.17, 15) is 10.4 Å². The zero-order chi connectivity index (χ0) is 17.8. The van der Waals surface area contributed by atoms with Crippen LogP contribution in [-0.4, -0.2) is 53.5 Å². The molecule has 7 nitrogen and oxygen atoms in total. The molecule has 3 saturated heterocycles. The van der Waals surface area contributed by atoms with Gasteiger partial charge in [0.25, 0.3) is 0 Å². The van der Waals surface area contributed by atoms with Gasteiger partial charge in [0.1, 0.15) is 18.3 Å². The SMILES string of the molecule is N#C[C@@]1(O)[C@@H]2OC3(CCCCC3)O[C@H]2O[C@H]1[C@@H]1COC2(CCCCC2)O1. The average Bonchev–Trinajstić information content (AvgIpc) is 3.29. The molecule has 1 N–H and O–H groups in total. The molecule has 0 bridgehead atoms. The molecule has 144 valence electrons. The summed E-state index contributed by atoms with van der Waals surface area (Å²) in [5.41, 5.74) is -1.79. The first-order valence-corrected chi connectivity index (χ1v) is 10.0. The third-order valence-electron chi connectivity index (χ3n) is 6.69. The molecule has 0 unspecified atom stereocenters. The highest BCUT2D eigenvalue weighted by molar-refractivity contribution is 5.20. The van der Waals surface area contributed by atoms with Gasteiger partial charge in [0.15, 0.2) is 24.0 Å². The van der Waals surface area contributed by atoms with Gasteiger partial charge in [-0.05, 0) is 25.7 Å². The van der Waals surface area contributed by atoms with Crippen LogP contribution in [0.4, 0.5) is 0 Å². The van der Waals surface area contributed by atoms with Crippen molar-refractivity contribution < 1.29 is 28.8 Å². The van der Waals surface area contributed by atoms with E-state index in [4.69, 9.17) is 23.7 Å². The van der Waals surface area contributed by atoms with E-state index in [0.29, 0.717) is 6.61 Å². The van der Waals surface area contributed by atoms with Crippen molar-refractivity contribution in [1.29, 1.82) is 5.26 Å². The summed E-state index contributed by atoms with van der Waals surface area (Å²) in [6.07, 6.45) is 6.95. The van der Waals surface area contributed by atoms with Crippen LogP contribution in [0.15, 0.2) is 0 Å². The summed E-state index contributed by atoms with van der Waals surface area (Å²) < 4.78 is 30.4. The Hall–Kier alpha value is -0.750. The van der Waals surface area contributed by atoms with E-state index in [1.54, 1.807) is 0 Å². The molecular formula is C19H27NO6. The van der Waals surface area contributed by atoms with Gasteiger partial charge in [-0.25, -0.2) is 0 Å². The quantitative estimate of drug-likeness (QED) is 0.712. The Labute approximate surface area is 153 Å². The van der Waals surface area contributed by atoms with Gasteiger partial charge in [-0.3, -0.25) is 0 Å². The summed E-state index contributed by atoms with van der Waals surface area (Å²) in [7, 11) is 0. The first-order chi connectivity index (χ1) is 12.6. The highest BCUT2D eigenvalue weighted by Crippen LogP contribution is 2.50. The summed E-state index contributed by atoms with van der Waals surface area (Å²) in [4.78, 5) is 0. The van der Waals surface area contributed by atoms with Crippen molar-refractivity contribution in [2.75, 3.05) is 6.61 Å². The molecule has 3 heterocycles. The predicted molar refractivity (Wildman–Crippen MR) is 87.6 cm³/mol. The molecule has 5 fully saturated rings. The predicted octanol–water partition coefficient (Wildman–Crippen LogP) is 2.12. The Morgan fingerprint density at radius 2 is 1.46 bits per heavy atom. The van der Waals surface area contributed by atoms with E-state index >= 15 is 0 Å². The zero-order valence-electron chi connectivity index (χ0n) is 15.0. The van der Waals surface area contributed by atoms with Crippen molar-refractivity contribution in [3.63, 3.8) is 0 Å². The summed E-state index contributed by atoms with van der Waals surface area (Å²) in [6, 6.07) is 2.04. The highest BCUT2D eigenvalue weighted by Gasteiger charge is 2.68. The number of hydrogen-bond acceptors (Lipinski definition) is 7. The fourth-order valence-corrected chi connectivity index (χ4v) is 5.30. The lowest BCUT2D eigenvalue weighted by Gasteiger charge is -2.36. The Balaban J connectivity index is 1.33. The van der Waals surface area contributed by atoms with Gasteiger partial charge in [-0.15, -0.1) is 0 Å². The van der Waals surface area contributed by atoms with Gasteiger partial charge < -0.3 is 28.8 Å². The number of nitrogens with zero attached hydrogens (tertiary/aromatic N) is 1. The molecule has 2 aliphatic carbocycles. The largest absolute Gasteiger partial charge is 0.371 e. The molecule has 2 spiro atoms. The first kappa shape index (κ1) is 17.4. The molecule has 0 radical (unpaired) electrons. The van der Waals surface area contributed by atoms with Gasteiger partial charge in [0, 0.05) is 25.7 Å². The molecule has 5 aliphatic rings. The number of aliphatic hydroxyl groups is 1. The molecule has 0 aromatic heterocycles. The monoisotopic (exact) mass is 365 g/mol. The average molecular weight is 365 g/mol. The lowest BCUT2D eigenvalue weighted by molar-refractivity contribution is -0.266. The van der Waals surface area contributed by atoms with E-state index in [1.165, 1.54) is 6.42 Å². The first-order valence-electron chi connectivity index (χ1n) is 10.0. The fourth-order valence-electron chi connectivity index (χ4n) is 5.30. The molecule has 0 aromatic carbocycles. The molecule has 3 aliphatic heterocycles. The van der Waals surface area contributed by atoms with Crippen LogP contribution in [0, 0.1) is 11.3 Å². The van der Waals surface area contributed by atoms with Crippen LogP contribution in [0.3, 0.4) is 0 Å². The van der Waals surface area contributed by atoms with Crippen LogP contribution in [0.25, 0.3) is 0 Å². The number of fused-ring (bicyclic) bond motifs is 1. The fraction of sp³-hybridized carbons (Fsp3) is 0.947. The summed E-state index contributed by atoms with van der Waals surface area (Å²) in [6.45, 7) is 0.319. The third kappa shape index (κ3) is 2.55. The van der Waals surface area contributed by atoms with Crippen LogP contribution >= 0.6 is 0 Å². The molecule has 2 saturated carbocycles. The second kappa shape index (κ2) is 6.13. The van der Waals surface area contributed by atoms with Crippen molar-refractivity contribution in [1.82, 2.24) is 0 Å². The minimum atomic E-state index is -1.79. The molecule has 5 rings (SSSR count). The van der Waals surface area contributed by atoms with Crippen LogP contribution < -0.4 is 0 Å². The standard InChI is InChI=1S/C19H27NO6/c20-12-19(21)14(13-11-22-17(24-13)7-3-1-4-8-17)23-16-15(19)25-18(26-16)9-5-2-6-10-18/h13-16,21H,1-11H2/t13-,14-,15+,16+,19-/m0/s1. The molecule has 26 heavy (non-hydrogen) atoms. The van der Waals surface area contributed by atoms with E-state index in [1.807, 2.05) is 6.07 Å². The van der Waals surface area contributed by atoms with Crippen LogP contribution in [0.5, 0.6) is 0 Å². The summed E-state index contributed by atoms with van der Waals surface area (Å²) in [5, 5.41) is 20.9. The van der Waals surface area contributed by atoms with Crippen molar-refractivity contribution in [3.05, 3.63) is 0 Å². The second-order valence-corrected chi connectivity index (χ2v) is 8.43. The Kier molecular flexibility index (Phi) is 4.09. The van der Waals surface area contributed by atoms with Crippen molar-refractivity contribution in [2.24, 2.45) is 0 Å².